The number of hydrogen-bond donors (Lipinski definition) is 2. The molecule has 124 valence electrons. The molecule has 0 bridgehead atoms. The fourth-order valence-corrected chi connectivity index (χ4v) is 1.70. The van der Waals surface area contributed by atoms with Crippen LogP contribution in [0.5, 0.6) is 0 Å². The van der Waals surface area contributed by atoms with E-state index in [-0.39, 0.29) is 132 Å². The van der Waals surface area contributed by atoms with Crippen LogP contribution >= 0.6 is 0 Å². The molecular formula is C16H10KO8Rb. The topological polar surface area (TPSA) is 155 Å². The Kier molecular flexibility index (Phi) is 14.9. The molecule has 10 heteroatoms. The van der Waals surface area contributed by atoms with Gasteiger partial charge in [0.25, 0.3) is 0 Å². The van der Waals surface area contributed by atoms with Gasteiger partial charge in [-0.1, -0.05) is 36.4 Å². The number of benzene rings is 2. The van der Waals surface area contributed by atoms with Gasteiger partial charge in [-0.25, -0.2) is 9.59 Å². The second-order valence-corrected chi connectivity index (χ2v) is 4.28. The third-order valence-corrected chi connectivity index (χ3v) is 2.75. The van der Waals surface area contributed by atoms with E-state index in [4.69, 9.17) is 10.2 Å². The van der Waals surface area contributed by atoms with Crippen LogP contribution < -0.4 is 120 Å². The first-order valence-electron chi connectivity index (χ1n) is 6.33. The van der Waals surface area contributed by atoms with E-state index >= 15 is 0 Å². The van der Waals surface area contributed by atoms with Gasteiger partial charge in [-0.3, -0.25) is 0 Å². The van der Waals surface area contributed by atoms with E-state index in [1.54, 1.807) is 0 Å². The van der Waals surface area contributed by atoms with Crippen molar-refractivity contribution < 1.29 is 149 Å². The molecule has 0 aliphatic rings. The summed E-state index contributed by atoms with van der Waals surface area (Å²) in [5.41, 5.74) is -1.11. The molecule has 2 aromatic rings. The van der Waals surface area contributed by atoms with Crippen LogP contribution in [0.4, 0.5) is 0 Å². The third kappa shape index (κ3) is 8.63. The maximum absolute atomic E-state index is 10.4. The summed E-state index contributed by atoms with van der Waals surface area (Å²) < 4.78 is 0. The molecule has 2 rings (SSSR count). The fourth-order valence-electron chi connectivity index (χ4n) is 1.70. The van der Waals surface area contributed by atoms with Gasteiger partial charge < -0.3 is 30.0 Å². The van der Waals surface area contributed by atoms with Crippen LogP contribution in [0.15, 0.2) is 48.5 Å². The van der Waals surface area contributed by atoms with Crippen LogP contribution in [0.25, 0.3) is 0 Å². The summed E-state index contributed by atoms with van der Waals surface area (Å²) >= 11 is 0. The standard InChI is InChI=1S/2C8H6O4.K.Rb/c2*9-7(10)5-3-1-2-4-6(5)8(11)12;;/h2*1-4H,(H,9,10)(H,11,12);;/q;;2*+1/p-2. The molecule has 0 heterocycles. The summed E-state index contributed by atoms with van der Waals surface area (Å²) in [4.78, 5) is 41.6. The smallest absolute Gasteiger partial charge is 0.545 e. The molecule has 2 aromatic carbocycles. The number of carbonyl (C=O) groups is 4. The van der Waals surface area contributed by atoms with Crippen molar-refractivity contribution in [2.75, 3.05) is 0 Å². The molecule has 0 radical (unpaired) electrons. The summed E-state index contributed by atoms with van der Waals surface area (Å²) in [6, 6.07) is 10.6. The van der Waals surface area contributed by atoms with Crippen molar-refractivity contribution in [3.63, 3.8) is 0 Å². The summed E-state index contributed by atoms with van der Waals surface area (Å²) in [6.07, 6.45) is 0. The van der Waals surface area contributed by atoms with Crippen molar-refractivity contribution in [2.24, 2.45) is 0 Å². The molecule has 26 heavy (non-hydrogen) atoms. The van der Waals surface area contributed by atoms with Crippen LogP contribution in [-0.4, -0.2) is 34.1 Å². The Morgan fingerprint density at radius 2 is 0.846 bits per heavy atom. The summed E-state index contributed by atoms with van der Waals surface area (Å²) in [5.74, 6) is -5.49. The Hall–Kier alpha value is -0.238. The minimum Gasteiger partial charge on any atom is -0.545 e. The van der Waals surface area contributed by atoms with Crippen LogP contribution in [-0.2, 0) is 0 Å². The van der Waals surface area contributed by atoms with E-state index in [9.17, 15) is 29.4 Å². The summed E-state index contributed by atoms with van der Waals surface area (Å²) in [5, 5.41) is 37.8. The van der Waals surface area contributed by atoms with Gasteiger partial charge in [-0.2, -0.15) is 0 Å². The number of aromatic carboxylic acids is 4. The zero-order valence-electron chi connectivity index (χ0n) is 14.0. The molecule has 0 aliphatic heterocycles. The number of carbonyl (C=O) groups excluding carboxylic acids is 2. The van der Waals surface area contributed by atoms with E-state index in [1.807, 2.05) is 0 Å². The van der Waals surface area contributed by atoms with E-state index in [1.165, 1.54) is 48.5 Å². The SMILES string of the molecule is O=C([O-])c1ccccc1C(=O)O.O=C([O-])c1ccccc1C(=O)O.[K+].[Rb+]. The molecular weight excluding hydrogens is 445 g/mol. The zero-order valence-corrected chi connectivity index (χ0v) is 22.0. The van der Waals surface area contributed by atoms with Gasteiger partial charge in [0.15, 0.2) is 0 Å². The van der Waals surface area contributed by atoms with Crippen LogP contribution in [0.2, 0.25) is 0 Å². The first kappa shape index (κ1) is 28.0. The van der Waals surface area contributed by atoms with Crippen molar-refractivity contribution in [2.45, 2.75) is 0 Å². The van der Waals surface area contributed by atoms with Crippen molar-refractivity contribution in [3.05, 3.63) is 70.8 Å². The number of hydrogen-bond acceptors (Lipinski definition) is 6. The number of rotatable bonds is 4. The summed E-state index contributed by atoms with van der Waals surface area (Å²) in [6.45, 7) is 0. The van der Waals surface area contributed by atoms with Crippen LogP contribution in [0, 0.1) is 0 Å². The van der Waals surface area contributed by atoms with Gasteiger partial charge in [-0.05, 0) is 12.1 Å². The van der Waals surface area contributed by atoms with Crippen molar-refractivity contribution in [1.82, 2.24) is 0 Å². The normalized spacial score (nSPS) is 8.62. The van der Waals surface area contributed by atoms with Gasteiger partial charge in [0.1, 0.15) is 0 Å². The molecule has 0 unspecified atom stereocenters. The molecule has 0 spiro atoms. The Labute approximate surface area is 239 Å². The van der Waals surface area contributed by atoms with Gasteiger partial charge in [0.2, 0.25) is 0 Å². The summed E-state index contributed by atoms with van der Waals surface area (Å²) in [7, 11) is 0. The molecule has 8 nitrogen and oxygen atoms in total. The Morgan fingerprint density at radius 1 is 0.615 bits per heavy atom. The van der Waals surface area contributed by atoms with Gasteiger partial charge in [-0.15, -0.1) is 0 Å². The van der Waals surface area contributed by atoms with E-state index in [0.717, 1.165) is 0 Å². The molecule has 2 N–H and O–H groups in total. The zero-order chi connectivity index (χ0) is 18.3. The molecule has 0 saturated heterocycles. The first-order chi connectivity index (χ1) is 11.3. The Morgan fingerprint density at radius 3 is 1.00 bits per heavy atom. The maximum Gasteiger partial charge on any atom is 1.00 e. The van der Waals surface area contributed by atoms with Gasteiger partial charge >= 0.3 is 122 Å². The van der Waals surface area contributed by atoms with E-state index in [0.29, 0.717) is 0 Å². The van der Waals surface area contributed by atoms with Crippen LogP contribution in [0.3, 0.4) is 0 Å². The molecule has 0 amide bonds. The molecule has 0 atom stereocenters. The molecule has 0 aromatic heterocycles. The number of carboxylic acid groups (broad SMARTS) is 4. The Bertz CT molecular complexity index is 673. The molecule has 0 saturated carbocycles. The second-order valence-electron chi connectivity index (χ2n) is 4.28. The minimum atomic E-state index is -1.48. The number of carboxylic acids is 4. The Balaban J connectivity index is 0. The third-order valence-electron chi connectivity index (χ3n) is 2.75. The minimum absolute atomic E-state index is 0. The monoisotopic (exact) mass is 454 g/mol. The maximum atomic E-state index is 10.4. The fraction of sp³-hybridized carbons (Fsp3) is 0. The quantitative estimate of drug-likeness (QED) is 0.432. The first-order valence-corrected chi connectivity index (χ1v) is 6.33. The predicted molar refractivity (Wildman–Crippen MR) is 75.5 cm³/mol. The average Bonchev–Trinajstić information content (AvgIpc) is 2.55. The van der Waals surface area contributed by atoms with E-state index < -0.39 is 23.9 Å². The molecule has 0 fully saturated rings. The van der Waals surface area contributed by atoms with Gasteiger partial charge in [0, 0.05) is 11.1 Å². The van der Waals surface area contributed by atoms with Crippen LogP contribution in [0.1, 0.15) is 41.4 Å². The van der Waals surface area contributed by atoms with Gasteiger partial charge in [0.05, 0.1) is 23.1 Å². The van der Waals surface area contributed by atoms with Crippen molar-refractivity contribution in [1.29, 1.82) is 0 Å². The van der Waals surface area contributed by atoms with Crippen molar-refractivity contribution in [3.8, 4) is 0 Å². The molecule has 0 aliphatic carbocycles. The predicted octanol–water partition coefficient (Wildman–Crippen LogP) is -6.50. The largest absolute Gasteiger partial charge is 1.00 e. The second kappa shape index (κ2) is 13.9. The van der Waals surface area contributed by atoms with Crippen molar-refractivity contribution >= 4 is 23.9 Å². The van der Waals surface area contributed by atoms with E-state index in [2.05, 4.69) is 0 Å². The average molecular weight is 455 g/mol.